The van der Waals surface area contributed by atoms with Gasteiger partial charge in [0.15, 0.2) is 0 Å². The van der Waals surface area contributed by atoms with Gasteiger partial charge in [-0.25, -0.2) is 4.39 Å². The van der Waals surface area contributed by atoms with Crippen LogP contribution in [0.3, 0.4) is 0 Å². The number of aliphatic hydroxyl groups excluding tert-OH is 1. The molecule has 2 N–H and O–H groups in total. The molecule has 1 aliphatic rings. The van der Waals surface area contributed by atoms with Crippen LogP contribution in [0.25, 0.3) is 27.6 Å². The van der Waals surface area contributed by atoms with Crippen LogP contribution in [0.5, 0.6) is 0 Å². The van der Waals surface area contributed by atoms with E-state index in [0.29, 0.717) is 33.5 Å². The first kappa shape index (κ1) is 27.5. The lowest BCUT2D eigenvalue weighted by Gasteiger charge is -2.20. The summed E-state index contributed by atoms with van der Waals surface area (Å²) in [6, 6.07) is 10.1. The molecule has 2 aromatic carbocycles. The summed E-state index contributed by atoms with van der Waals surface area (Å²) in [4.78, 5) is 31.1. The van der Waals surface area contributed by atoms with Gasteiger partial charge in [-0.15, -0.1) is 0 Å². The third-order valence-corrected chi connectivity index (χ3v) is 7.39. The number of benzene rings is 2. The van der Waals surface area contributed by atoms with Crippen molar-refractivity contribution >= 4 is 22.3 Å². The summed E-state index contributed by atoms with van der Waals surface area (Å²) in [5, 5.41) is 18.4. The predicted octanol–water partition coefficient (Wildman–Crippen LogP) is 5.06. The second-order valence-corrected chi connectivity index (χ2v) is 11.3. The Morgan fingerprint density at radius 1 is 1.07 bits per heavy atom. The van der Waals surface area contributed by atoms with Gasteiger partial charge >= 0.3 is 0 Å². The van der Waals surface area contributed by atoms with Gasteiger partial charge < -0.3 is 15.0 Å². The number of halogens is 1. The van der Waals surface area contributed by atoms with Gasteiger partial charge in [0.05, 0.1) is 23.9 Å². The minimum Gasteiger partial charge on any atom is -0.392 e. The van der Waals surface area contributed by atoms with Crippen LogP contribution in [0.4, 0.5) is 10.1 Å². The summed E-state index contributed by atoms with van der Waals surface area (Å²) >= 11 is 0. The van der Waals surface area contributed by atoms with Crippen molar-refractivity contribution in [1.82, 2.24) is 14.3 Å². The normalized spacial score (nSPS) is 14.2. The number of rotatable bonds is 4. The minimum atomic E-state index is -0.614. The van der Waals surface area contributed by atoms with Crippen molar-refractivity contribution < 1.29 is 9.50 Å². The Hall–Kier alpha value is -4.11. The largest absolute Gasteiger partial charge is 0.392 e. The van der Waals surface area contributed by atoms with E-state index >= 15 is 4.39 Å². The molecule has 0 amide bonds. The molecule has 0 unspecified atom stereocenters. The number of aliphatic hydroxyl groups is 1. The summed E-state index contributed by atoms with van der Waals surface area (Å²) in [6.07, 6.45) is 7.07. The SMILES string of the molecule is Cn1cc(-c2cccc(-n3ncc4cc(C(C)(C)C)cc(F)c4c3=O)c2CO)cc(NC2=NCCCCC2)c1=O. The molecule has 0 aliphatic carbocycles. The Morgan fingerprint density at radius 2 is 1.88 bits per heavy atom. The number of aliphatic imine (C=N–C) groups is 1. The number of aromatic nitrogens is 3. The van der Waals surface area contributed by atoms with Gasteiger partial charge in [0.25, 0.3) is 11.1 Å². The number of hydrogen-bond donors (Lipinski definition) is 2. The molecular weight excluding hydrogens is 509 g/mol. The number of anilines is 1. The second-order valence-electron chi connectivity index (χ2n) is 11.3. The van der Waals surface area contributed by atoms with Crippen LogP contribution >= 0.6 is 0 Å². The topological polar surface area (TPSA) is 102 Å². The van der Waals surface area contributed by atoms with E-state index in [-0.39, 0.29) is 16.4 Å². The Bertz CT molecular complexity index is 1750. The highest BCUT2D eigenvalue weighted by Crippen LogP contribution is 2.30. The third kappa shape index (κ3) is 5.21. The van der Waals surface area contributed by atoms with Crippen molar-refractivity contribution in [2.75, 3.05) is 11.9 Å². The van der Waals surface area contributed by atoms with Crippen LogP contribution in [-0.2, 0) is 19.1 Å². The number of hydrogen-bond acceptors (Lipinski definition) is 6. The maximum absolute atomic E-state index is 15.3. The Labute approximate surface area is 231 Å². The van der Waals surface area contributed by atoms with Crippen LogP contribution in [0.1, 0.15) is 57.6 Å². The molecule has 0 bridgehead atoms. The zero-order chi connectivity index (χ0) is 28.6. The predicted molar refractivity (Wildman–Crippen MR) is 157 cm³/mol. The third-order valence-electron chi connectivity index (χ3n) is 7.39. The average molecular weight is 544 g/mol. The van der Waals surface area contributed by atoms with Crippen molar-refractivity contribution in [3.05, 3.63) is 86.4 Å². The standard InChI is InChI=1S/C31H34FN5O3/c1-31(2,3)21-13-19-16-34-37(30(40)28(19)24(32)15-21)26-10-8-9-22(23(26)18-38)20-14-25(29(39)36(4)17-20)35-27-11-6-5-7-12-33-27/h8-10,13-17,38H,5-7,11-12,18H2,1-4H3,(H,33,35). The number of pyridine rings is 1. The molecular formula is C31H34FN5O3. The fraction of sp³-hybridized carbons (Fsp3) is 0.355. The first-order chi connectivity index (χ1) is 19.1. The van der Waals surface area contributed by atoms with Gasteiger partial charge in [0.1, 0.15) is 17.3 Å². The summed E-state index contributed by atoms with van der Waals surface area (Å²) < 4.78 is 17.9. The average Bonchev–Trinajstić information content (AvgIpc) is 3.19. The second kappa shape index (κ2) is 10.8. The highest BCUT2D eigenvalue weighted by atomic mass is 19.1. The highest BCUT2D eigenvalue weighted by molar-refractivity contribution is 5.96. The molecule has 8 nitrogen and oxygen atoms in total. The van der Waals surface area contributed by atoms with Crippen molar-refractivity contribution in [2.45, 2.75) is 58.5 Å². The van der Waals surface area contributed by atoms with Crippen LogP contribution in [0.2, 0.25) is 0 Å². The molecule has 0 radical (unpaired) electrons. The van der Waals surface area contributed by atoms with Crippen LogP contribution in [-0.4, -0.2) is 31.8 Å². The van der Waals surface area contributed by atoms with Crippen molar-refractivity contribution in [2.24, 2.45) is 12.0 Å². The number of fused-ring (bicyclic) bond motifs is 1. The van der Waals surface area contributed by atoms with Crippen LogP contribution < -0.4 is 16.4 Å². The van der Waals surface area contributed by atoms with Crippen molar-refractivity contribution in [1.29, 1.82) is 0 Å². The van der Waals surface area contributed by atoms with E-state index in [1.807, 2.05) is 26.8 Å². The molecule has 0 saturated carbocycles. The molecule has 0 fully saturated rings. The Balaban J connectivity index is 1.63. The van der Waals surface area contributed by atoms with E-state index in [4.69, 9.17) is 0 Å². The van der Waals surface area contributed by atoms with E-state index < -0.39 is 18.0 Å². The van der Waals surface area contributed by atoms with Crippen LogP contribution in [0, 0.1) is 5.82 Å². The van der Waals surface area contributed by atoms with E-state index in [0.717, 1.165) is 48.3 Å². The molecule has 1 aliphatic heterocycles. The quantitative estimate of drug-likeness (QED) is 0.375. The molecule has 2 aromatic heterocycles. The van der Waals surface area contributed by atoms with Gasteiger partial charge in [0.2, 0.25) is 0 Å². The van der Waals surface area contributed by atoms with Crippen molar-refractivity contribution in [3.8, 4) is 16.8 Å². The molecule has 208 valence electrons. The minimum absolute atomic E-state index is 0.0601. The lowest BCUT2D eigenvalue weighted by atomic mass is 9.86. The molecule has 4 aromatic rings. The molecule has 0 saturated heterocycles. The highest BCUT2D eigenvalue weighted by Gasteiger charge is 2.21. The maximum Gasteiger partial charge on any atom is 0.282 e. The number of nitrogens with one attached hydrogen (secondary N) is 1. The molecule has 40 heavy (non-hydrogen) atoms. The van der Waals surface area contributed by atoms with Gasteiger partial charge in [-0.05, 0) is 53.6 Å². The lowest BCUT2D eigenvalue weighted by Crippen LogP contribution is -2.25. The van der Waals surface area contributed by atoms with E-state index in [1.165, 1.54) is 16.8 Å². The van der Waals surface area contributed by atoms with E-state index in [9.17, 15) is 14.7 Å². The van der Waals surface area contributed by atoms with E-state index in [1.54, 1.807) is 37.5 Å². The van der Waals surface area contributed by atoms with Gasteiger partial charge in [-0.3, -0.25) is 14.6 Å². The van der Waals surface area contributed by atoms with Crippen molar-refractivity contribution in [3.63, 3.8) is 0 Å². The zero-order valence-corrected chi connectivity index (χ0v) is 23.3. The summed E-state index contributed by atoms with van der Waals surface area (Å²) in [6.45, 7) is 6.26. The summed E-state index contributed by atoms with van der Waals surface area (Å²) in [5.74, 6) is 0.173. The molecule has 0 spiro atoms. The summed E-state index contributed by atoms with van der Waals surface area (Å²) in [7, 11) is 1.67. The van der Waals surface area contributed by atoms with Gasteiger partial charge in [-0.1, -0.05) is 39.3 Å². The number of aryl methyl sites for hydroxylation is 1. The number of nitrogens with zero attached hydrogens (tertiary/aromatic N) is 4. The first-order valence-corrected chi connectivity index (χ1v) is 13.5. The first-order valence-electron chi connectivity index (χ1n) is 13.5. The zero-order valence-electron chi connectivity index (χ0n) is 23.3. The number of amidine groups is 1. The molecule has 3 heterocycles. The Kier molecular flexibility index (Phi) is 7.42. The fourth-order valence-corrected chi connectivity index (χ4v) is 5.13. The summed E-state index contributed by atoms with van der Waals surface area (Å²) in [5.41, 5.74) is 2.09. The maximum atomic E-state index is 15.3. The fourth-order valence-electron chi connectivity index (χ4n) is 5.13. The van der Waals surface area contributed by atoms with Gasteiger partial charge in [0, 0.05) is 42.7 Å². The smallest absolute Gasteiger partial charge is 0.282 e. The van der Waals surface area contributed by atoms with E-state index in [2.05, 4.69) is 15.4 Å². The molecule has 5 rings (SSSR count). The lowest BCUT2D eigenvalue weighted by molar-refractivity contribution is 0.282. The molecule has 0 atom stereocenters. The monoisotopic (exact) mass is 543 g/mol. The molecule has 9 heteroatoms. The van der Waals surface area contributed by atoms with Crippen LogP contribution in [0.15, 0.2) is 63.4 Å². The Morgan fingerprint density at radius 3 is 2.62 bits per heavy atom. The van der Waals surface area contributed by atoms with Gasteiger partial charge in [-0.2, -0.15) is 9.78 Å².